The molecule has 0 aromatic heterocycles. The summed E-state index contributed by atoms with van der Waals surface area (Å²) in [5.41, 5.74) is -0.126. The van der Waals surface area contributed by atoms with Crippen LogP contribution in [0.25, 0.3) is 0 Å². The molecule has 1 aliphatic heterocycles. The monoisotopic (exact) mass is 251 g/mol. The van der Waals surface area contributed by atoms with Gasteiger partial charge in [-0.05, 0) is 44.5 Å². The van der Waals surface area contributed by atoms with E-state index in [4.69, 9.17) is 5.26 Å². The first-order chi connectivity index (χ1) is 8.70. The lowest BCUT2D eigenvalue weighted by molar-refractivity contribution is 0.569. The van der Waals surface area contributed by atoms with E-state index in [9.17, 15) is 8.78 Å². The molecule has 18 heavy (non-hydrogen) atoms. The van der Waals surface area contributed by atoms with Gasteiger partial charge in [0.15, 0.2) is 11.6 Å². The van der Waals surface area contributed by atoms with Gasteiger partial charge in [0.2, 0.25) is 0 Å². The fourth-order valence-corrected chi connectivity index (χ4v) is 2.14. The number of nitriles is 1. The van der Waals surface area contributed by atoms with Crippen molar-refractivity contribution in [1.82, 2.24) is 5.32 Å². The van der Waals surface area contributed by atoms with Crippen LogP contribution in [0, 0.1) is 23.0 Å². The van der Waals surface area contributed by atoms with E-state index in [0.717, 1.165) is 44.5 Å². The largest absolute Gasteiger partial charge is 0.378 e. The number of anilines is 1. The molecule has 0 bridgehead atoms. The van der Waals surface area contributed by atoms with E-state index in [0.29, 0.717) is 0 Å². The van der Waals surface area contributed by atoms with Crippen molar-refractivity contribution >= 4 is 5.69 Å². The Kier molecular flexibility index (Phi) is 4.11. The zero-order valence-corrected chi connectivity index (χ0v) is 9.97. The lowest BCUT2D eigenvalue weighted by Gasteiger charge is -2.18. The first-order valence-electron chi connectivity index (χ1n) is 6.07. The van der Waals surface area contributed by atoms with Crippen LogP contribution in [-0.2, 0) is 0 Å². The van der Waals surface area contributed by atoms with Crippen molar-refractivity contribution in [2.75, 3.05) is 18.4 Å². The van der Waals surface area contributed by atoms with Gasteiger partial charge < -0.3 is 10.6 Å². The van der Waals surface area contributed by atoms with Crippen LogP contribution in [0.3, 0.4) is 0 Å². The molecular formula is C13H15F2N3. The van der Waals surface area contributed by atoms with Crippen molar-refractivity contribution in [3.63, 3.8) is 0 Å². The second-order valence-corrected chi connectivity index (χ2v) is 4.45. The number of nitrogens with zero attached hydrogens (tertiary/aromatic N) is 1. The molecule has 1 aromatic carbocycles. The minimum Gasteiger partial charge on any atom is -0.378 e. The van der Waals surface area contributed by atoms with Crippen LogP contribution in [0.2, 0.25) is 0 Å². The summed E-state index contributed by atoms with van der Waals surface area (Å²) in [6, 6.07) is 3.91. The number of hydrogen-bond acceptors (Lipinski definition) is 3. The molecule has 1 saturated heterocycles. The fraction of sp³-hybridized carbons (Fsp3) is 0.462. The normalized spacial score (nSPS) is 19.9. The van der Waals surface area contributed by atoms with Crippen LogP contribution < -0.4 is 10.6 Å². The highest BCUT2D eigenvalue weighted by Crippen LogP contribution is 2.23. The second-order valence-electron chi connectivity index (χ2n) is 4.45. The second kappa shape index (κ2) is 5.78. The summed E-state index contributed by atoms with van der Waals surface area (Å²) in [5.74, 6) is -1.41. The third-order valence-electron chi connectivity index (χ3n) is 3.10. The molecule has 2 rings (SSSR count). The molecule has 0 spiro atoms. The number of nitrogens with one attached hydrogen (secondary N) is 2. The van der Waals surface area contributed by atoms with Crippen LogP contribution in [0.4, 0.5) is 14.5 Å². The Labute approximate surface area is 105 Å². The summed E-state index contributed by atoms with van der Waals surface area (Å²) in [7, 11) is 0. The van der Waals surface area contributed by atoms with Crippen molar-refractivity contribution in [3.05, 3.63) is 29.3 Å². The molecule has 0 radical (unpaired) electrons. The minimum absolute atomic E-state index is 0.00177. The van der Waals surface area contributed by atoms with Gasteiger partial charge in [-0.2, -0.15) is 5.26 Å². The summed E-state index contributed by atoms with van der Waals surface area (Å²) in [4.78, 5) is 0. The van der Waals surface area contributed by atoms with E-state index in [1.807, 2.05) is 0 Å². The molecular weight excluding hydrogens is 236 g/mol. The van der Waals surface area contributed by atoms with Crippen LogP contribution in [0.1, 0.15) is 24.8 Å². The molecule has 2 N–H and O–H groups in total. The summed E-state index contributed by atoms with van der Waals surface area (Å²) < 4.78 is 27.4. The molecule has 1 unspecified atom stereocenters. The number of halogens is 2. The van der Waals surface area contributed by atoms with E-state index in [-0.39, 0.29) is 17.3 Å². The Morgan fingerprint density at radius 3 is 2.61 bits per heavy atom. The third kappa shape index (κ3) is 2.96. The highest BCUT2D eigenvalue weighted by molar-refractivity contribution is 5.51. The average molecular weight is 251 g/mol. The summed E-state index contributed by atoms with van der Waals surface area (Å²) >= 11 is 0. The average Bonchev–Trinajstić information content (AvgIpc) is 2.62. The predicted molar refractivity (Wildman–Crippen MR) is 65.2 cm³/mol. The van der Waals surface area contributed by atoms with Gasteiger partial charge >= 0.3 is 0 Å². The molecule has 5 heteroatoms. The van der Waals surface area contributed by atoms with Gasteiger partial charge in [0.05, 0.1) is 11.6 Å². The Hall–Kier alpha value is -1.67. The van der Waals surface area contributed by atoms with Gasteiger partial charge in [0.25, 0.3) is 0 Å². The third-order valence-corrected chi connectivity index (χ3v) is 3.10. The molecule has 0 saturated carbocycles. The molecule has 1 fully saturated rings. The maximum absolute atomic E-state index is 13.7. The van der Waals surface area contributed by atoms with Crippen molar-refractivity contribution in [2.24, 2.45) is 0 Å². The van der Waals surface area contributed by atoms with E-state index in [1.165, 1.54) is 0 Å². The quantitative estimate of drug-likeness (QED) is 0.848. The highest BCUT2D eigenvalue weighted by atomic mass is 19.1. The van der Waals surface area contributed by atoms with E-state index in [1.54, 1.807) is 6.07 Å². The zero-order chi connectivity index (χ0) is 13.0. The minimum atomic E-state index is -0.705. The molecule has 96 valence electrons. The molecule has 1 heterocycles. The predicted octanol–water partition coefficient (Wildman–Crippen LogP) is 2.39. The van der Waals surface area contributed by atoms with Crippen molar-refractivity contribution in [1.29, 1.82) is 5.26 Å². The van der Waals surface area contributed by atoms with Crippen LogP contribution in [0.15, 0.2) is 12.1 Å². The van der Waals surface area contributed by atoms with Gasteiger partial charge in [0.1, 0.15) is 5.69 Å². The molecule has 3 nitrogen and oxygen atoms in total. The van der Waals surface area contributed by atoms with Gasteiger partial charge in [-0.3, -0.25) is 0 Å². The van der Waals surface area contributed by atoms with Gasteiger partial charge in [0, 0.05) is 6.04 Å². The molecule has 0 aliphatic carbocycles. The van der Waals surface area contributed by atoms with Crippen molar-refractivity contribution in [2.45, 2.75) is 25.3 Å². The van der Waals surface area contributed by atoms with Crippen molar-refractivity contribution in [3.8, 4) is 6.07 Å². The number of rotatable bonds is 2. The fourth-order valence-electron chi connectivity index (χ4n) is 2.14. The molecule has 1 aromatic rings. The lowest BCUT2D eigenvalue weighted by atomic mass is 10.1. The Bertz CT molecular complexity index is 437. The van der Waals surface area contributed by atoms with Crippen molar-refractivity contribution < 1.29 is 8.78 Å². The topological polar surface area (TPSA) is 47.9 Å². The molecule has 1 aliphatic rings. The Balaban J connectivity index is 2.15. The smallest absolute Gasteiger partial charge is 0.150 e. The van der Waals surface area contributed by atoms with E-state index < -0.39 is 11.6 Å². The SMILES string of the molecule is N#Cc1cc(F)c(NC2CCCNCC2)c(F)c1. The van der Waals surface area contributed by atoms with Gasteiger partial charge in [-0.25, -0.2) is 8.78 Å². The van der Waals surface area contributed by atoms with Crippen LogP contribution in [0.5, 0.6) is 0 Å². The lowest BCUT2D eigenvalue weighted by Crippen LogP contribution is -2.22. The van der Waals surface area contributed by atoms with Crippen LogP contribution >= 0.6 is 0 Å². The first kappa shape index (κ1) is 12.8. The zero-order valence-electron chi connectivity index (χ0n) is 9.97. The Morgan fingerprint density at radius 2 is 1.94 bits per heavy atom. The molecule has 0 amide bonds. The summed E-state index contributed by atoms with van der Waals surface area (Å²) in [6.07, 6.45) is 2.70. The number of benzene rings is 1. The molecule has 1 atom stereocenters. The summed E-state index contributed by atoms with van der Waals surface area (Å²) in [5, 5.41) is 14.8. The van der Waals surface area contributed by atoms with E-state index in [2.05, 4.69) is 10.6 Å². The standard InChI is InChI=1S/C13H15F2N3/c14-11-6-9(8-16)7-12(15)13(11)18-10-2-1-4-17-5-3-10/h6-7,10,17-18H,1-5H2. The summed E-state index contributed by atoms with van der Waals surface area (Å²) in [6.45, 7) is 1.79. The first-order valence-corrected chi connectivity index (χ1v) is 6.07. The maximum Gasteiger partial charge on any atom is 0.150 e. The van der Waals surface area contributed by atoms with E-state index >= 15 is 0 Å². The highest BCUT2D eigenvalue weighted by Gasteiger charge is 2.17. The van der Waals surface area contributed by atoms with Gasteiger partial charge in [-0.15, -0.1) is 0 Å². The Morgan fingerprint density at radius 1 is 1.22 bits per heavy atom. The van der Waals surface area contributed by atoms with Crippen LogP contribution in [-0.4, -0.2) is 19.1 Å². The number of hydrogen-bond donors (Lipinski definition) is 2. The maximum atomic E-state index is 13.7. The van der Waals surface area contributed by atoms with Gasteiger partial charge in [-0.1, -0.05) is 0 Å².